The van der Waals surface area contributed by atoms with Crippen molar-refractivity contribution in [3.63, 3.8) is 0 Å². The standard InChI is InChI=1S/C15H16FNO3/c1-2-10(15(19)20)7-8-17-13-5-4-12(16)9-11(13)3-6-14(17)18/h4-5,7,9H,2-3,6,8H2,1H3,(H,19,20). The monoisotopic (exact) mass is 277 g/mol. The number of aliphatic carboxylic acids is 1. The van der Waals surface area contributed by atoms with Gasteiger partial charge in [-0.15, -0.1) is 0 Å². The van der Waals surface area contributed by atoms with Gasteiger partial charge in [-0.05, 0) is 36.6 Å². The van der Waals surface area contributed by atoms with Crippen molar-refractivity contribution in [1.82, 2.24) is 0 Å². The lowest BCUT2D eigenvalue weighted by molar-refractivity contribution is -0.132. The van der Waals surface area contributed by atoms with E-state index in [0.29, 0.717) is 24.9 Å². The van der Waals surface area contributed by atoms with E-state index in [-0.39, 0.29) is 23.8 Å². The Kier molecular flexibility index (Phi) is 4.17. The van der Waals surface area contributed by atoms with Crippen molar-refractivity contribution in [3.05, 3.63) is 41.2 Å². The first-order chi connectivity index (χ1) is 9.52. The van der Waals surface area contributed by atoms with Gasteiger partial charge in [0, 0.05) is 24.2 Å². The first kappa shape index (κ1) is 14.2. The molecule has 106 valence electrons. The number of hydrogen-bond donors (Lipinski definition) is 1. The number of anilines is 1. The lowest BCUT2D eigenvalue weighted by Crippen LogP contribution is -2.35. The lowest BCUT2D eigenvalue weighted by Gasteiger charge is -2.28. The topological polar surface area (TPSA) is 57.6 Å². The second-order valence-corrected chi connectivity index (χ2v) is 4.67. The van der Waals surface area contributed by atoms with Crippen molar-refractivity contribution in [2.45, 2.75) is 26.2 Å². The van der Waals surface area contributed by atoms with Gasteiger partial charge in [-0.3, -0.25) is 4.79 Å². The van der Waals surface area contributed by atoms with Crippen LogP contribution < -0.4 is 4.90 Å². The molecule has 0 aliphatic carbocycles. The fourth-order valence-electron chi connectivity index (χ4n) is 2.31. The summed E-state index contributed by atoms with van der Waals surface area (Å²) in [5, 5.41) is 8.98. The highest BCUT2D eigenvalue weighted by Crippen LogP contribution is 2.28. The van der Waals surface area contributed by atoms with E-state index in [1.807, 2.05) is 0 Å². The molecule has 20 heavy (non-hydrogen) atoms. The lowest BCUT2D eigenvalue weighted by atomic mass is 10.0. The molecule has 1 aliphatic rings. The average molecular weight is 277 g/mol. The third-order valence-corrected chi connectivity index (χ3v) is 3.42. The summed E-state index contributed by atoms with van der Waals surface area (Å²) in [5.41, 5.74) is 1.72. The van der Waals surface area contributed by atoms with E-state index in [1.165, 1.54) is 17.0 Å². The summed E-state index contributed by atoms with van der Waals surface area (Å²) < 4.78 is 13.2. The summed E-state index contributed by atoms with van der Waals surface area (Å²) in [6.07, 6.45) is 2.77. The number of fused-ring (bicyclic) bond motifs is 1. The number of aryl methyl sites for hydroxylation is 1. The van der Waals surface area contributed by atoms with E-state index in [4.69, 9.17) is 5.11 Å². The predicted molar refractivity (Wildman–Crippen MR) is 73.1 cm³/mol. The summed E-state index contributed by atoms with van der Waals surface area (Å²) in [6.45, 7) is 1.95. The molecule has 2 rings (SSSR count). The van der Waals surface area contributed by atoms with Crippen molar-refractivity contribution < 1.29 is 19.1 Å². The number of nitrogens with zero attached hydrogens (tertiary/aromatic N) is 1. The third-order valence-electron chi connectivity index (χ3n) is 3.42. The molecule has 0 bridgehead atoms. The van der Waals surface area contributed by atoms with Gasteiger partial charge in [0.15, 0.2) is 0 Å². The molecule has 0 saturated carbocycles. The largest absolute Gasteiger partial charge is 0.478 e. The zero-order valence-corrected chi connectivity index (χ0v) is 11.2. The number of carbonyl (C=O) groups is 2. The summed E-state index contributed by atoms with van der Waals surface area (Å²) in [4.78, 5) is 24.4. The van der Waals surface area contributed by atoms with Crippen LogP contribution >= 0.6 is 0 Å². The minimum atomic E-state index is -0.976. The van der Waals surface area contributed by atoms with E-state index in [9.17, 15) is 14.0 Å². The minimum Gasteiger partial charge on any atom is -0.478 e. The predicted octanol–water partition coefficient (Wildman–Crippen LogP) is 2.53. The number of rotatable bonds is 4. The summed E-state index contributed by atoms with van der Waals surface area (Å²) in [7, 11) is 0. The fraction of sp³-hybridized carbons (Fsp3) is 0.333. The second kappa shape index (κ2) is 5.86. The molecule has 4 nitrogen and oxygen atoms in total. The maximum Gasteiger partial charge on any atom is 0.331 e. The molecule has 1 heterocycles. The van der Waals surface area contributed by atoms with Gasteiger partial charge in [0.25, 0.3) is 0 Å². The molecule has 0 radical (unpaired) electrons. The van der Waals surface area contributed by atoms with Crippen molar-refractivity contribution in [1.29, 1.82) is 0 Å². The van der Waals surface area contributed by atoms with Gasteiger partial charge in [0.2, 0.25) is 5.91 Å². The highest BCUT2D eigenvalue weighted by atomic mass is 19.1. The molecule has 0 unspecified atom stereocenters. The van der Waals surface area contributed by atoms with Crippen LogP contribution in [0.2, 0.25) is 0 Å². The smallest absolute Gasteiger partial charge is 0.331 e. The van der Waals surface area contributed by atoms with Gasteiger partial charge in [-0.2, -0.15) is 0 Å². The molecule has 1 N–H and O–H groups in total. The number of carbonyl (C=O) groups excluding carboxylic acids is 1. The Labute approximate surface area is 116 Å². The van der Waals surface area contributed by atoms with Gasteiger partial charge < -0.3 is 10.0 Å². The number of amides is 1. The van der Waals surface area contributed by atoms with Crippen LogP contribution in [0.3, 0.4) is 0 Å². The van der Waals surface area contributed by atoms with Crippen molar-refractivity contribution in [3.8, 4) is 0 Å². The molecule has 5 heteroatoms. The van der Waals surface area contributed by atoms with Crippen LogP contribution in [0.5, 0.6) is 0 Å². The van der Waals surface area contributed by atoms with Crippen LogP contribution in [0, 0.1) is 5.82 Å². The van der Waals surface area contributed by atoms with Crippen LogP contribution in [0.15, 0.2) is 29.8 Å². The van der Waals surface area contributed by atoms with Crippen LogP contribution in [0.1, 0.15) is 25.3 Å². The molecular weight excluding hydrogens is 261 g/mol. The Morgan fingerprint density at radius 1 is 1.45 bits per heavy atom. The Morgan fingerprint density at radius 3 is 2.85 bits per heavy atom. The molecule has 0 atom stereocenters. The number of hydrogen-bond acceptors (Lipinski definition) is 2. The van der Waals surface area contributed by atoms with Gasteiger partial charge in [0.1, 0.15) is 5.82 Å². The van der Waals surface area contributed by atoms with Gasteiger partial charge in [0.05, 0.1) is 0 Å². The van der Waals surface area contributed by atoms with E-state index in [2.05, 4.69) is 0 Å². The Balaban J connectivity index is 2.28. The Bertz CT molecular complexity index is 580. The molecule has 1 aromatic rings. The zero-order chi connectivity index (χ0) is 14.7. The van der Waals surface area contributed by atoms with E-state index in [0.717, 1.165) is 5.56 Å². The summed E-state index contributed by atoms with van der Waals surface area (Å²) >= 11 is 0. The maximum atomic E-state index is 13.2. The number of halogens is 1. The second-order valence-electron chi connectivity index (χ2n) is 4.67. The molecule has 1 aromatic carbocycles. The highest BCUT2D eigenvalue weighted by molar-refractivity contribution is 5.97. The first-order valence-electron chi connectivity index (χ1n) is 6.54. The Morgan fingerprint density at radius 2 is 2.20 bits per heavy atom. The highest BCUT2D eigenvalue weighted by Gasteiger charge is 2.23. The van der Waals surface area contributed by atoms with Crippen LogP contribution in [-0.4, -0.2) is 23.5 Å². The van der Waals surface area contributed by atoms with Gasteiger partial charge >= 0.3 is 5.97 Å². The van der Waals surface area contributed by atoms with Crippen molar-refractivity contribution in [2.75, 3.05) is 11.4 Å². The van der Waals surface area contributed by atoms with E-state index >= 15 is 0 Å². The van der Waals surface area contributed by atoms with E-state index < -0.39 is 5.97 Å². The average Bonchev–Trinajstić information content (AvgIpc) is 2.41. The van der Waals surface area contributed by atoms with Crippen LogP contribution in [0.4, 0.5) is 10.1 Å². The molecule has 0 fully saturated rings. The molecule has 0 spiro atoms. The van der Waals surface area contributed by atoms with Crippen molar-refractivity contribution >= 4 is 17.6 Å². The summed E-state index contributed by atoms with van der Waals surface area (Å²) in [6, 6.07) is 4.31. The SMILES string of the molecule is CCC(=CCN1C(=O)CCc2cc(F)ccc21)C(=O)O. The van der Waals surface area contributed by atoms with Gasteiger partial charge in [-0.1, -0.05) is 13.0 Å². The fourth-order valence-corrected chi connectivity index (χ4v) is 2.31. The molecule has 1 amide bonds. The molecule has 0 saturated heterocycles. The van der Waals surface area contributed by atoms with Crippen molar-refractivity contribution in [2.24, 2.45) is 0 Å². The molecule has 0 aromatic heterocycles. The Hall–Kier alpha value is -2.17. The van der Waals surface area contributed by atoms with Crippen LogP contribution in [0.25, 0.3) is 0 Å². The van der Waals surface area contributed by atoms with Gasteiger partial charge in [-0.25, -0.2) is 9.18 Å². The van der Waals surface area contributed by atoms with E-state index in [1.54, 1.807) is 19.1 Å². The zero-order valence-electron chi connectivity index (χ0n) is 11.2. The minimum absolute atomic E-state index is 0.0683. The molecular formula is C15H16FNO3. The quantitative estimate of drug-likeness (QED) is 0.860. The first-order valence-corrected chi connectivity index (χ1v) is 6.54. The normalized spacial score (nSPS) is 15.2. The number of carboxylic acid groups (broad SMARTS) is 1. The maximum absolute atomic E-state index is 13.2. The number of benzene rings is 1. The number of carboxylic acids is 1. The molecule has 1 aliphatic heterocycles. The third kappa shape index (κ3) is 2.87. The summed E-state index contributed by atoms with van der Waals surface area (Å²) in [5.74, 6) is -1.37. The van der Waals surface area contributed by atoms with Crippen LogP contribution in [-0.2, 0) is 16.0 Å².